The molecule has 5 N–H and O–H groups in total. The summed E-state index contributed by atoms with van der Waals surface area (Å²) in [6.45, 7) is 6.78. The maximum atomic E-state index is 13.2. The maximum absolute atomic E-state index is 13.2. The van der Waals surface area contributed by atoms with Crippen LogP contribution in [0.15, 0.2) is 11.8 Å². The SMILES string of the molecule is C/C(=C/C(=O)NC(C)(C)C)OC(=O)c1nc(F)c(N)nc1N. The zero-order valence-corrected chi connectivity index (χ0v) is 12.7. The molecule has 1 aromatic rings. The lowest BCUT2D eigenvalue weighted by Gasteiger charge is -2.19. The number of aromatic nitrogens is 2. The zero-order valence-electron chi connectivity index (χ0n) is 12.7. The van der Waals surface area contributed by atoms with E-state index in [1.165, 1.54) is 6.92 Å². The van der Waals surface area contributed by atoms with Crippen LogP contribution in [0.4, 0.5) is 16.0 Å². The first kappa shape index (κ1) is 17.3. The standard InChI is InChI=1S/C13H18FN5O3/c1-6(5-7(20)19-13(2,3)4)22-12(21)8-10(15)18-11(16)9(14)17-8/h5H,1-4H3,(H,19,20)(H4,15,16,18)/b6-5-. The van der Waals surface area contributed by atoms with Crippen molar-refractivity contribution in [3.63, 3.8) is 0 Å². The maximum Gasteiger partial charge on any atom is 0.365 e. The molecular weight excluding hydrogens is 293 g/mol. The van der Waals surface area contributed by atoms with Crippen molar-refractivity contribution in [1.82, 2.24) is 15.3 Å². The highest BCUT2D eigenvalue weighted by atomic mass is 19.1. The number of carbonyl (C=O) groups excluding carboxylic acids is 2. The van der Waals surface area contributed by atoms with Crippen LogP contribution >= 0.6 is 0 Å². The van der Waals surface area contributed by atoms with Crippen molar-refractivity contribution < 1.29 is 18.7 Å². The van der Waals surface area contributed by atoms with Crippen molar-refractivity contribution in [1.29, 1.82) is 0 Å². The molecule has 1 heterocycles. The Bertz CT molecular complexity index is 637. The Morgan fingerprint density at radius 2 is 1.82 bits per heavy atom. The average Bonchev–Trinajstić information content (AvgIpc) is 2.30. The molecule has 1 amide bonds. The number of anilines is 2. The largest absolute Gasteiger partial charge is 0.426 e. The van der Waals surface area contributed by atoms with E-state index in [1.807, 2.05) is 0 Å². The third-order valence-electron chi connectivity index (χ3n) is 2.18. The van der Waals surface area contributed by atoms with Crippen LogP contribution < -0.4 is 16.8 Å². The van der Waals surface area contributed by atoms with Gasteiger partial charge in [-0.1, -0.05) is 0 Å². The third-order valence-corrected chi connectivity index (χ3v) is 2.18. The Morgan fingerprint density at radius 3 is 2.36 bits per heavy atom. The summed E-state index contributed by atoms with van der Waals surface area (Å²) in [4.78, 5) is 30.2. The average molecular weight is 311 g/mol. The Hall–Kier alpha value is -2.71. The van der Waals surface area contributed by atoms with Gasteiger partial charge in [0.25, 0.3) is 5.95 Å². The van der Waals surface area contributed by atoms with E-state index in [0.29, 0.717) is 0 Å². The van der Waals surface area contributed by atoms with E-state index in [1.54, 1.807) is 20.8 Å². The van der Waals surface area contributed by atoms with Crippen LogP contribution in [0.5, 0.6) is 0 Å². The number of nitrogens with two attached hydrogens (primary N) is 2. The summed E-state index contributed by atoms with van der Waals surface area (Å²) >= 11 is 0. The van der Waals surface area contributed by atoms with Gasteiger partial charge in [0.15, 0.2) is 17.3 Å². The summed E-state index contributed by atoms with van der Waals surface area (Å²) in [6, 6.07) is 0. The van der Waals surface area contributed by atoms with Crippen LogP contribution in [0.3, 0.4) is 0 Å². The molecule has 0 radical (unpaired) electrons. The van der Waals surface area contributed by atoms with Crippen molar-refractivity contribution in [2.45, 2.75) is 33.2 Å². The second-order valence-electron chi connectivity index (χ2n) is 5.52. The number of amides is 1. The zero-order chi connectivity index (χ0) is 17.1. The van der Waals surface area contributed by atoms with E-state index < -0.39 is 34.9 Å². The molecule has 0 aliphatic rings. The molecule has 22 heavy (non-hydrogen) atoms. The lowest BCUT2D eigenvalue weighted by molar-refractivity contribution is -0.117. The highest BCUT2D eigenvalue weighted by molar-refractivity contribution is 5.94. The third kappa shape index (κ3) is 5.00. The van der Waals surface area contributed by atoms with Crippen molar-refractivity contribution in [3.05, 3.63) is 23.5 Å². The second-order valence-corrected chi connectivity index (χ2v) is 5.52. The van der Waals surface area contributed by atoms with Gasteiger partial charge < -0.3 is 21.5 Å². The van der Waals surface area contributed by atoms with E-state index in [0.717, 1.165) is 6.08 Å². The molecule has 0 aliphatic carbocycles. The molecule has 0 bridgehead atoms. The molecule has 0 saturated carbocycles. The molecule has 1 aromatic heterocycles. The minimum Gasteiger partial charge on any atom is -0.426 e. The van der Waals surface area contributed by atoms with Gasteiger partial charge in [-0.3, -0.25) is 4.79 Å². The second kappa shape index (κ2) is 6.37. The number of carbonyl (C=O) groups is 2. The van der Waals surface area contributed by atoms with E-state index in [2.05, 4.69) is 15.3 Å². The fourth-order valence-electron chi connectivity index (χ4n) is 1.41. The van der Waals surface area contributed by atoms with Crippen molar-refractivity contribution in [2.75, 3.05) is 11.5 Å². The van der Waals surface area contributed by atoms with Gasteiger partial charge in [0.05, 0.1) is 0 Å². The molecule has 8 nitrogen and oxygen atoms in total. The minimum atomic E-state index is -1.13. The van der Waals surface area contributed by atoms with Crippen LogP contribution in [-0.4, -0.2) is 27.4 Å². The van der Waals surface area contributed by atoms with Gasteiger partial charge in [-0.15, -0.1) is 0 Å². The molecule has 0 fully saturated rings. The first-order valence-corrected chi connectivity index (χ1v) is 6.30. The summed E-state index contributed by atoms with van der Waals surface area (Å²) in [7, 11) is 0. The van der Waals surface area contributed by atoms with Crippen LogP contribution in [0.25, 0.3) is 0 Å². The number of esters is 1. The molecule has 0 atom stereocenters. The van der Waals surface area contributed by atoms with E-state index in [4.69, 9.17) is 16.2 Å². The predicted octanol–water partition coefficient (Wildman–Crippen LogP) is 0.755. The Labute approximate surface area is 126 Å². The molecule has 0 aromatic carbocycles. The van der Waals surface area contributed by atoms with Gasteiger partial charge in [-0.2, -0.15) is 4.39 Å². The number of nitrogens with one attached hydrogen (secondary N) is 1. The predicted molar refractivity (Wildman–Crippen MR) is 77.9 cm³/mol. The first-order chi connectivity index (χ1) is 9.99. The first-order valence-electron chi connectivity index (χ1n) is 6.30. The smallest absolute Gasteiger partial charge is 0.365 e. The fourth-order valence-corrected chi connectivity index (χ4v) is 1.41. The molecular formula is C13H18FN5O3. The lowest BCUT2D eigenvalue weighted by atomic mass is 10.1. The summed E-state index contributed by atoms with van der Waals surface area (Å²) in [5.74, 6) is -3.51. The highest BCUT2D eigenvalue weighted by Crippen LogP contribution is 2.14. The van der Waals surface area contributed by atoms with Crippen LogP contribution in [0.1, 0.15) is 38.2 Å². The normalized spacial score (nSPS) is 12.0. The van der Waals surface area contributed by atoms with Crippen molar-refractivity contribution in [2.24, 2.45) is 0 Å². The number of rotatable bonds is 3. The number of ether oxygens (including phenoxy) is 1. The monoisotopic (exact) mass is 311 g/mol. The summed E-state index contributed by atoms with van der Waals surface area (Å²) in [5, 5.41) is 2.66. The van der Waals surface area contributed by atoms with Gasteiger partial charge in [0.1, 0.15) is 5.76 Å². The Morgan fingerprint density at radius 1 is 1.23 bits per heavy atom. The number of allylic oxidation sites excluding steroid dienone is 1. The van der Waals surface area contributed by atoms with Gasteiger partial charge in [0.2, 0.25) is 5.91 Å². The van der Waals surface area contributed by atoms with Gasteiger partial charge in [-0.05, 0) is 27.7 Å². The number of nitrogens with zero attached hydrogens (tertiary/aromatic N) is 2. The van der Waals surface area contributed by atoms with Gasteiger partial charge in [0, 0.05) is 11.6 Å². The quantitative estimate of drug-likeness (QED) is 0.426. The number of halogens is 1. The van der Waals surface area contributed by atoms with E-state index in [9.17, 15) is 14.0 Å². The molecule has 0 spiro atoms. The van der Waals surface area contributed by atoms with Gasteiger partial charge >= 0.3 is 5.97 Å². The van der Waals surface area contributed by atoms with Crippen molar-refractivity contribution >= 4 is 23.5 Å². The molecule has 0 saturated heterocycles. The van der Waals surface area contributed by atoms with Crippen LogP contribution in [0.2, 0.25) is 0 Å². The molecule has 1 rings (SSSR count). The lowest BCUT2D eigenvalue weighted by Crippen LogP contribution is -2.39. The number of hydrogen-bond donors (Lipinski definition) is 3. The summed E-state index contributed by atoms with van der Waals surface area (Å²) in [6.07, 6.45) is 1.08. The van der Waals surface area contributed by atoms with E-state index in [-0.39, 0.29) is 11.6 Å². The fraction of sp³-hybridized carbons (Fsp3) is 0.385. The van der Waals surface area contributed by atoms with E-state index >= 15 is 0 Å². The topological polar surface area (TPSA) is 133 Å². The number of nitrogen functional groups attached to an aromatic ring is 2. The number of hydrogen-bond acceptors (Lipinski definition) is 7. The summed E-state index contributed by atoms with van der Waals surface area (Å²) < 4.78 is 18.1. The molecule has 0 unspecified atom stereocenters. The summed E-state index contributed by atoms with van der Waals surface area (Å²) in [5.41, 5.74) is 9.65. The Kier molecular flexibility index (Phi) is 5.02. The van der Waals surface area contributed by atoms with Crippen molar-refractivity contribution in [3.8, 4) is 0 Å². The minimum absolute atomic E-state index is 0.00909. The molecule has 120 valence electrons. The van der Waals surface area contributed by atoms with Crippen LogP contribution in [-0.2, 0) is 9.53 Å². The molecule has 9 heteroatoms. The highest BCUT2D eigenvalue weighted by Gasteiger charge is 2.19. The van der Waals surface area contributed by atoms with Crippen LogP contribution in [0, 0.1) is 5.95 Å². The Balaban J connectivity index is 2.84. The van der Waals surface area contributed by atoms with Gasteiger partial charge in [-0.25, -0.2) is 14.8 Å². The molecule has 0 aliphatic heterocycles.